The van der Waals surface area contributed by atoms with Crippen LogP contribution in [0.4, 0.5) is 0 Å². The molecule has 134 valence electrons. The summed E-state index contributed by atoms with van der Waals surface area (Å²) in [5, 5.41) is 0.832. The third-order valence-corrected chi connectivity index (χ3v) is 4.68. The van der Waals surface area contributed by atoms with Crippen LogP contribution < -0.4 is 5.73 Å². The highest BCUT2D eigenvalue weighted by atomic mass is 35.5. The van der Waals surface area contributed by atoms with Crippen LogP contribution in [0.5, 0.6) is 0 Å². The number of nitrogens with two attached hydrogens (primary N) is 1. The largest absolute Gasteiger partial charge is 0.341 e. The van der Waals surface area contributed by atoms with Gasteiger partial charge in [0.05, 0.1) is 6.20 Å². The molecule has 2 rings (SSSR count). The van der Waals surface area contributed by atoms with Crippen molar-refractivity contribution in [1.82, 2.24) is 14.9 Å². The highest BCUT2D eigenvalue weighted by Gasteiger charge is 2.17. The number of hydrogen-bond acceptors (Lipinski definition) is 5. The zero-order valence-corrected chi connectivity index (χ0v) is 16.5. The lowest BCUT2D eigenvalue weighted by molar-refractivity contribution is 0.0793. The first-order valence-corrected chi connectivity index (χ1v) is 8.18. The number of hydrogen-bond donors (Lipinski definition) is 1. The molecule has 2 aromatic rings. The van der Waals surface area contributed by atoms with E-state index in [1.807, 2.05) is 12.1 Å². The molecule has 0 aromatic carbocycles. The van der Waals surface area contributed by atoms with Crippen molar-refractivity contribution in [2.24, 2.45) is 11.7 Å². The van der Waals surface area contributed by atoms with E-state index in [0.29, 0.717) is 17.3 Å². The van der Waals surface area contributed by atoms with Gasteiger partial charge >= 0.3 is 0 Å². The zero-order chi connectivity index (χ0) is 16.1. The molecule has 1 unspecified atom stereocenters. The molecule has 0 aliphatic carbocycles. The summed E-state index contributed by atoms with van der Waals surface area (Å²) in [6, 6.07) is 3.89. The van der Waals surface area contributed by atoms with E-state index in [1.54, 1.807) is 30.5 Å². The molecule has 0 fully saturated rings. The highest BCUT2D eigenvalue weighted by molar-refractivity contribution is 7.16. The van der Waals surface area contributed by atoms with Crippen LogP contribution in [-0.4, -0.2) is 40.4 Å². The predicted octanol–water partition coefficient (Wildman–Crippen LogP) is 3.49. The van der Waals surface area contributed by atoms with Crippen molar-refractivity contribution >= 4 is 42.1 Å². The summed E-state index contributed by atoms with van der Waals surface area (Å²) in [5.41, 5.74) is 7.01. The average molecular weight is 391 g/mol. The van der Waals surface area contributed by atoms with Crippen LogP contribution in [0.25, 0.3) is 10.6 Å². The van der Waals surface area contributed by atoms with Crippen molar-refractivity contribution in [3.8, 4) is 10.6 Å². The van der Waals surface area contributed by atoms with Crippen LogP contribution in [0.1, 0.15) is 29.9 Å². The monoisotopic (exact) mass is 390 g/mol. The van der Waals surface area contributed by atoms with Crippen molar-refractivity contribution in [2.75, 3.05) is 13.6 Å². The van der Waals surface area contributed by atoms with Crippen molar-refractivity contribution in [2.45, 2.75) is 26.3 Å². The molecule has 2 heterocycles. The Morgan fingerprint density at radius 2 is 1.92 bits per heavy atom. The summed E-state index contributed by atoms with van der Waals surface area (Å²) in [6.07, 6.45) is 5.88. The maximum Gasteiger partial charge on any atom is 0.265 e. The van der Waals surface area contributed by atoms with Gasteiger partial charge in [0.25, 0.3) is 5.91 Å². The first kappa shape index (κ1) is 22.8. The summed E-state index contributed by atoms with van der Waals surface area (Å²) in [5.74, 6) is 0.416. The Hall–Kier alpha value is -1.21. The van der Waals surface area contributed by atoms with Crippen LogP contribution >= 0.6 is 36.2 Å². The third-order valence-electron chi connectivity index (χ3n) is 3.64. The fourth-order valence-corrected chi connectivity index (χ4v) is 2.88. The average Bonchev–Trinajstić information content (AvgIpc) is 3.02. The van der Waals surface area contributed by atoms with Crippen molar-refractivity contribution in [1.29, 1.82) is 0 Å². The Morgan fingerprint density at radius 1 is 1.29 bits per heavy atom. The third kappa shape index (κ3) is 6.02. The van der Waals surface area contributed by atoms with Crippen molar-refractivity contribution < 1.29 is 4.79 Å². The van der Waals surface area contributed by atoms with Crippen LogP contribution in [0.15, 0.2) is 30.7 Å². The smallest absolute Gasteiger partial charge is 0.265 e. The van der Waals surface area contributed by atoms with Crippen molar-refractivity contribution in [3.63, 3.8) is 0 Å². The topological polar surface area (TPSA) is 72.1 Å². The molecule has 8 heteroatoms. The van der Waals surface area contributed by atoms with Gasteiger partial charge in [-0.1, -0.05) is 13.8 Å². The molecule has 1 amide bonds. The SMILES string of the molecule is CC(C)C(N)CCN(C)C(=O)c1cnc(-c2ccncc2)s1.Cl.Cl. The predicted molar refractivity (Wildman–Crippen MR) is 104 cm³/mol. The number of pyridine rings is 1. The number of aromatic nitrogens is 2. The lowest BCUT2D eigenvalue weighted by atomic mass is 10.0. The lowest BCUT2D eigenvalue weighted by Crippen LogP contribution is -2.34. The minimum atomic E-state index is -0.00578. The lowest BCUT2D eigenvalue weighted by Gasteiger charge is -2.20. The highest BCUT2D eigenvalue weighted by Crippen LogP contribution is 2.25. The summed E-state index contributed by atoms with van der Waals surface area (Å²) >= 11 is 1.40. The van der Waals surface area contributed by atoms with E-state index < -0.39 is 0 Å². The van der Waals surface area contributed by atoms with E-state index in [1.165, 1.54) is 11.3 Å². The Labute approximate surface area is 159 Å². The molecule has 0 spiro atoms. The summed E-state index contributed by atoms with van der Waals surface area (Å²) in [4.78, 5) is 23.1. The van der Waals surface area contributed by atoms with Crippen LogP contribution in [0.2, 0.25) is 0 Å². The molecule has 0 aliphatic heterocycles. The molecule has 0 saturated carbocycles. The van der Waals surface area contributed by atoms with Crippen LogP contribution in [-0.2, 0) is 0 Å². The molecule has 5 nitrogen and oxygen atoms in total. The van der Waals surface area contributed by atoms with E-state index in [2.05, 4.69) is 23.8 Å². The number of nitrogens with zero attached hydrogens (tertiary/aromatic N) is 3. The van der Waals surface area contributed by atoms with Gasteiger partial charge in [0.1, 0.15) is 9.88 Å². The number of amides is 1. The van der Waals surface area contributed by atoms with Crippen LogP contribution in [0.3, 0.4) is 0 Å². The van der Waals surface area contributed by atoms with Gasteiger partial charge in [-0.2, -0.15) is 0 Å². The zero-order valence-electron chi connectivity index (χ0n) is 14.0. The van der Waals surface area contributed by atoms with Crippen molar-refractivity contribution in [3.05, 3.63) is 35.6 Å². The quantitative estimate of drug-likeness (QED) is 0.818. The molecule has 0 aliphatic rings. The summed E-state index contributed by atoms with van der Waals surface area (Å²) < 4.78 is 0. The van der Waals surface area contributed by atoms with Gasteiger partial charge in [0.15, 0.2) is 0 Å². The second-order valence-corrected chi connectivity index (χ2v) is 6.72. The second kappa shape index (κ2) is 10.6. The number of rotatable bonds is 6. The molecule has 0 bridgehead atoms. The van der Waals surface area contributed by atoms with Gasteiger partial charge in [0, 0.05) is 37.6 Å². The van der Waals surface area contributed by atoms with Gasteiger partial charge < -0.3 is 10.6 Å². The Kier molecular flexibility index (Phi) is 10.1. The van der Waals surface area contributed by atoms with E-state index in [-0.39, 0.29) is 36.8 Å². The molecule has 0 saturated heterocycles. The molecular formula is C16H24Cl2N4OS. The molecular weight excluding hydrogens is 367 g/mol. The van der Waals surface area contributed by atoms with E-state index in [9.17, 15) is 4.79 Å². The summed E-state index contributed by atoms with van der Waals surface area (Å²) in [7, 11) is 1.81. The first-order chi connectivity index (χ1) is 10.5. The van der Waals surface area contributed by atoms with E-state index in [0.717, 1.165) is 17.0 Å². The number of carbonyl (C=O) groups is 1. The maximum atomic E-state index is 12.4. The minimum absolute atomic E-state index is 0. The molecule has 2 aromatic heterocycles. The van der Waals surface area contributed by atoms with E-state index in [4.69, 9.17) is 5.73 Å². The summed E-state index contributed by atoms with van der Waals surface area (Å²) in [6.45, 7) is 4.84. The molecule has 0 radical (unpaired) electrons. The van der Waals surface area contributed by atoms with Gasteiger partial charge in [-0.05, 0) is 24.5 Å². The Balaban J connectivity index is 0.00000264. The minimum Gasteiger partial charge on any atom is -0.341 e. The van der Waals surface area contributed by atoms with Gasteiger partial charge in [0.2, 0.25) is 0 Å². The van der Waals surface area contributed by atoms with Crippen LogP contribution in [0, 0.1) is 5.92 Å². The molecule has 2 N–H and O–H groups in total. The fraction of sp³-hybridized carbons (Fsp3) is 0.438. The Bertz CT molecular complexity index is 622. The number of halogens is 2. The molecule has 24 heavy (non-hydrogen) atoms. The standard InChI is InChI=1S/C16H22N4OS.2ClH/c1-11(2)13(17)6-9-20(3)16(21)14-10-19-15(22-14)12-4-7-18-8-5-12;;/h4-5,7-8,10-11,13H,6,9,17H2,1-3H3;2*1H. The van der Waals surface area contributed by atoms with Gasteiger partial charge in [-0.25, -0.2) is 4.98 Å². The normalized spacial score (nSPS) is 11.4. The first-order valence-electron chi connectivity index (χ1n) is 7.36. The van der Waals surface area contributed by atoms with Gasteiger partial charge in [-0.15, -0.1) is 36.2 Å². The maximum absolute atomic E-state index is 12.4. The van der Waals surface area contributed by atoms with E-state index >= 15 is 0 Å². The molecule has 1 atom stereocenters. The van der Waals surface area contributed by atoms with Gasteiger partial charge in [-0.3, -0.25) is 9.78 Å². The number of carbonyl (C=O) groups excluding carboxylic acids is 1. The second-order valence-electron chi connectivity index (χ2n) is 5.69. The fourth-order valence-electron chi connectivity index (χ4n) is 1.97. The number of thiazole rings is 1. The Morgan fingerprint density at radius 3 is 2.50 bits per heavy atom.